The van der Waals surface area contributed by atoms with Crippen LogP contribution in [0.3, 0.4) is 0 Å². The summed E-state index contributed by atoms with van der Waals surface area (Å²) in [7, 11) is 0. The Balaban J connectivity index is 1.19. The maximum atomic E-state index is 9.96. The van der Waals surface area contributed by atoms with Crippen LogP contribution in [0.1, 0.15) is 47.9 Å². The minimum absolute atomic E-state index is 0.148. The van der Waals surface area contributed by atoms with E-state index < -0.39 is 0 Å². The topological polar surface area (TPSA) is 40.5 Å². The molecule has 272 valence electrons. The van der Waals surface area contributed by atoms with Crippen LogP contribution >= 0.6 is 0 Å². The van der Waals surface area contributed by atoms with Crippen molar-refractivity contribution in [2.75, 3.05) is 13.2 Å². The van der Waals surface area contributed by atoms with Crippen LogP contribution in [0.5, 0.6) is 0 Å². The molecule has 8 aromatic carbocycles. The Morgan fingerprint density at radius 2 is 0.750 bits per heavy atom. The van der Waals surface area contributed by atoms with Crippen molar-refractivity contribution in [1.82, 2.24) is 0 Å². The summed E-state index contributed by atoms with van der Waals surface area (Å²) in [5.41, 5.74) is 14.1. The van der Waals surface area contributed by atoms with Gasteiger partial charge in [0.1, 0.15) is 0 Å². The van der Waals surface area contributed by atoms with Crippen LogP contribution in [0.4, 0.5) is 0 Å². The highest BCUT2D eigenvalue weighted by Crippen LogP contribution is 2.55. The van der Waals surface area contributed by atoms with E-state index >= 15 is 0 Å². The molecule has 8 aromatic rings. The molecule has 2 heteroatoms. The Kier molecular flexibility index (Phi) is 8.18. The van der Waals surface area contributed by atoms with Crippen molar-refractivity contribution < 1.29 is 10.2 Å². The largest absolute Gasteiger partial charge is 0.396 e. The van der Waals surface area contributed by atoms with E-state index in [0.29, 0.717) is 12.8 Å². The number of aliphatic hydroxyl groups is 2. The third-order valence-corrected chi connectivity index (χ3v) is 13.1. The molecule has 0 heterocycles. The molecule has 0 aromatic heterocycles. The van der Waals surface area contributed by atoms with Gasteiger partial charge in [-0.1, -0.05) is 133 Å². The van der Waals surface area contributed by atoms with Crippen LogP contribution in [-0.2, 0) is 10.8 Å². The third-order valence-electron chi connectivity index (χ3n) is 13.1. The molecule has 0 bridgehead atoms. The fourth-order valence-electron chi connectivity index (χ4n) is 10.5. The SMILES string of the molecule is C=CC1(CCCO)c2ccccc2-c2ccc(-c3cc4c5ccccc5c(-c5ccc6c(c5)C(C=C)(CCCO)c5ccccc5-6)cc4c4ccccc34)cc21. The number of allylic oxidation sites excluding steroid dienone is 2. The van der Waals surface area contributed by atoms with E-state index in [4.69, 9.17) is 0 Å². The first-order chi connectivity index (χ1) is 27.6. The van der Waals surface area contributed by atoms with Gasteiger partial charge < -0.3 is 10.2 Å². The van der Waals surface area contributed by atoms with Gasteiger partial charge in [-0.25, -0.2) is 0 Å². The normalized spacial score (nSPS) is 17.8. The highest BCUT2D eigenvalue weighted by molar-refractivity contribution is 6.24. The van der Waals surface area contributed by atoms with E-state index in [9.17, 15) is 10.2 Å². The van der Waals surface area contributed by atoms with Crippen LogP contribution in [0.15, 0.2) is 171 Å². The molecule has 2 nitrogen and oxygen atoms in total. The zero-order valence-electron chi connectivity index (χ0n) is 31.6. The van der Waals surface area contributed by atoms with Crippen molar-refractivity contribution >= 4 is 32.3 Å². The summed E-state index contributed by atoms with van der Waals surface area (Å²) in [5, 5.41) is 27.3. The standard InChI is InChI=1S/C54H44O2/c1-3-53(27-13-29-55)49-21-11-9-19-41(49)43-25-23-35(31-51(43)53)45-33-47-40-18-8-6-16-38(40)46(34-48(47)39-17-7-5-15-37(39)45)36-24-26-44-42-20-10-12-22-50(42)54(4-2,28-14-30-56)52(44)32-36/h3-12,15-26,31-34,55-56H,1-2,13-14,27-30H2. The van der Waals surface area contributed by atoms with Crippen molar-refractivity contribution in [3.8, 4) is 44.5 Å². The van der Waals surface area contributed by atoms with Gasteiger partial charge in [0.15, 0.2) is 0 Å². The van der Waals surface area contributed by atoms with Crippen LogP contribution < -0.4 is 0 Å². The Morgan fingerprint density at radius 1 is 0.375 bits per heavy atom. The van der Waals surface area contributed by atoms with Crippen LogP contribution in [0.25, 0.3) is 76.8 Å². The summed E-state index contributed by atoms with van der Waals surface area (Å²) in [6.45, 7) is 9.07. The molecule has 0 fully saturated rings. The van der Waals surface area contributed by atoms with Crippen molar-refractivity contribution in [3.05, 3.63) is 193 Å². The second-order valence-electron chi connectivity index (χ2n) is 15.7. The molecule has 0 amide bonds. The summed E-state index contributed by atoms with van der Waals surface area (Å²) in [6.07, 6.45) is 7.21. The Labute approximate surface area is 328 Å². The first-order valence-electron chi connectivity index (χ1n) is 19.9. The molecule has 2 N–H and O–H groups in total. The number of benzene rings is 8. The Hall–Kier alpha value is -6.06. The molecule has 0 saturated heterocycles. The van der Waals surface area contributed by atoms with E-state index in [2.05, 4.69) is 171 Å². The second kappa shape index (κ2) is 13.3. The predicted octanol–water partition coefficient (Wildman–Crippen LogP) is 12.9. The smallest absolute Gasteiger partial charge is 0.0431 e. The quantitative estimate of drug-likeness (QED) is 0.109. The molecule has 10 rings (SSSR count). The van der Waals surface area contributed by atoms with Gasteiger partial charge in [-0.05, 0) is 149 Å². The highest BCUT2D eigenvalue weighted by Gasteiger charge is 2.42. The van der Waals surface area contributed by atoms with E-state index in [-0.39, 0.29) is 24.0 Å². The summed E-state index contributed by atoms with van der Waals surface area (Å²) in [6, 6.07) is 53.8. The number of rotatable bonds is 10. The number of aliphatic hydroxyl groups excluding tert-OH is 2. The van der Waals surface area contributed by atoms with Crippen LogP contribution in [-0.4, -0.2) is 23.4 Å². The zero-order chi connectivity index (χ0) is 38.0. The van der Waals surface area contributed by atoms with Gasteiger partial charge >= 0.3 is 0 Å². The first kappa shape index (κ1) is 34.4. The lowest BCUT2D eigenvalue weighted by atomic mass is 9.74. The molecule has 2 aliphatic rings. The fraction of sp³-hybridized carbons (Fsp3) is 0.148. The lowest BCUT2D eigenvalue weighted by Crippen LogP contribution is -2.22. The van der Waals surface area contributed by atoms with Gasteiger partial charge in [-0.3, -0.25) is 0 Å². The van der Waals surface area contributed by atoms with Crippen molar-refractivity contribution in [2.45, 2.75) is 36.5 Å². The van der Waals surface area contributed by atoms with Crippen molar-refractivity contribution in [1.29, 1.82) is 0 Å². The van der Waals surface area contributed by atoms with E-state index in [1.165, 1.54) is 99.1 Å². The minimum Gasteiger partial charge on any atom is -0.396 e. The summed E-state index contributed by atoms with van der Waals surface area (Å²) >= 11 is 0. The van der Waals surface area contributed by atoms with Crippen molar-refractivity contribution in [2.24, 2.45) is 0 Å². The molecular weight excluding hydrogens is 681 g/mol. The lowest BCUT2D eigenvalue weighted by Gasteiger charge is -2.29. The molecule has 0 saturated carbocycles. The number of hydrogen-bond acceptors (Lipinski definition) is 2. The zero-order valence-corrected chi connectivity index (χ0v) is 31.6. The summed E-state index contributed by atoms with van der Waals surface area (Å²) < 4.78 is 0. The Bertz CT molecular complexity index is 2700. The second-order valence-corrected chi connectivity index (χ2v) is 15.7. The molecule has 2 atom stereocenters. The molecule has 2 aliphatic carbocycles. The average Bonchev–Trinajstić information content (AvgIpc) is 3.70. The number of hydrogen-bond donors (Lipinski definition) is 2. The van der Waals surface area contributed by atoms with E-state index in [1.54, 1.807) is 0 Å². The molecule has 0 aliphatic heterocycles. The minimum atomic E-state index is -0.364. The molecule has 0 radical (unpaired) electrons. The van der Waals surface area contributed by atoms with E-state index in [1.807, 2.05) is 0 Å². The van der Waals surface area contributed by atoms with Crippen molar-refractivity contribution in [3.63, 3.8) is 0 Å². The molecule has 0 spiro atoms. The maximum Gasteiger partial charge on any atom is 0.0431 e. The number of fused-ring (bicyclic) bond motifs is 11. The summed E-state index contributed by atoms with van der Waals surface area (Å²) in [4.78, 5) is 0. The van der Waals surface area contributed by atoms with Gasteiger partial charge in [-0.15, -0.1) is 13.2 Å². The third kappa shape index (κ3) is 4.83. The van der Waals surface area contributed by atoms with Crippen LogP contribution in [0.2, 0.25) is 0 Å². The van der Waals surface area contributed by atoms with Gasteiger partial charge in [0, 0.05) is 24.0 Å². The van der Waals surface area contributed by atoms with Gasteiger partial charge in [-0.2, -0.15) is 0 Å². The maximum absolute atomic E-state index is 9.96. The van der Waals surface area contributed by atoms with Gasteiger partial charge in [0.2, 0.25) is 0 Å². The van der Waals surface area contributed by atoms with E-state index in [0.717, 1.165) is 12.8 Å². The van der Waals surface area contributed by atoms with Crippen LogP contribution in [0, 0.1) is 0 Å². The predicted molar refractivity (Wildman–Crippen MR) is 235 cm³/mol. The van der Waals surface area contributed by atoms with Gasteiger partial charge in [0.25, 0.3) is 0 Å². The first-order valence-corrected chi connectivity index (χ1v) is 19.9. The monoisotopic (exact) mass is 724 g/mol. The highest BCUT2D eigenvalue weighted by atomic mass is 16.3. The molecule has 56 heavy (non-hydrogen) atoms. The average molecular weight is 725 g/mol. The molecule has 2 unspecified atom stereocenters. The fourth-order valence-corrected chi connectivity index (χ4v) is 10.5. The Morgan fingerprint density at radius 3 is 1.16 bits per heavy atom. The summed E-state index contributed by atoms with van der Waals surface area (Å²) in [5.74, 6) is 0. The molecular formula is C54H44O2. The lowest BCUT2D eigenvalue weighted by molar-refractivity contribution is 0.276. The van der Waals surface area contributed by atoms with Gasteiger partial charge in [0.05, 0.1) is 0 Å².